The minimum atomic E-state index is -0.113. The minimum absolute atomic E-state index is 0.113. The third-order valence-electron chi connectivity index (χ3n) is 2.76. The third-order valence-corrected chi connectivity index (χ3v) is 2.76. The van der Waals surface area contributed by atoms with E-state index >= 15 is 0 Å². The second-order valence-electron chi connectivity index (χ2n) is 4.23. The number of hydrogen-bond donors (Lipinski definition) is 1. The van der Waals surface area contributed by atoms with Gasteiger partial charge in [-0.2, -0.15) is 0 Å². The Morgan fingerprint density at radius 1 is 1.40 bits per heavy atom. The van der Waals surface area contributed by atoms with Crippen LogP contribution in [0.5, 0.6) is 0 Å². The molecule has 1 aromatic rings. The van der Waals surface area contributed by atoms with Gasteiger partial charge in [-0.15, -0.1) is 0 Å². The second-order valence-corrected chi connectivity index (χ2v) is 4.23. The first-order valence-electron chi connectivity index (χ1n) is 5.59. The average Bonchev–Trinajstić information content (AvgIpc) is 2.23. The van der Waals surface area contributed by atoms with Crippen molar-refractivity contribution in [3.63, 3.8) is 0 Å². The molecule has 0 aliphatic heterocycles. The van der Waals surface area contributed by atoms with Crippen LogP contribution < -0.4 is 5.32 Å². The summed E-state index contributed by atoms with van der Waals surface area (Å²) in [6.45, 7) is 7.92. The Morgan fingerprint density at radius 3 is 2.73 bits per heavy atom. The Morgan fingerprint density at radius 2 is 2.13 bits per heavy atom. The number of hydrogen-bond acceptors (Lipinski definition) is 1. The van der Waals surface area contributed by atoms with Gasteiger partial charge in [-0.05, 0) is 36.6 Å². The monoisotopic (exact) mass is 209 g/mol. The molecule has 84 valence electrons. The highest BCUT2D eigenvalue weighted by Crippen LogP contribution is 2.09. The molecule has 1 atom stereocenters. The summed E-state index contributed by atoms with van der Waals surface area (Å²) in [6.07, 6.45) is 1.18. The van der Waals surface area contributed by atoms with E-state index in [0.717, 1.165) is 18.7 Å². The van der Waals surface area contributed by atoms with E-state index in [9.17, 15) is 4.39 Å². The van der Waals surface area contributed by atoms with Gasteiger partial charge in [0.2, 0.25) is 0 Å². The van der Waals surface area contributed by atoms with Crippen LogP contribution >= 0.6 is 0 Å². The topological polar surface area (TPSA) is 12.0 Å². The molecule has 1 unspecified atom stereocenters. The van der Waals surface area contributed by atoms with Crippen molar-refractivity contribution in [2.24, 2.45) is 5.92 Å². The number of benzene rings is 1. The van der Waals surface area contributed by atoms with Gasteiger partial charge in [0, 0.05) is 6.54 Å². The summed E-state index contributed by atoms with van der Waals surface area (Å²) in [4.78, 5) is 0. The highest BCUT2D eigenvalue weighted by Gasteiger charge is 2.00. The van der Waals surface area contributed by atoms with Crippen molar-refractivity contribution in [3.05, 3.63) is 35.1 Å². The van der Waals surface area contributed by atoms with Gasteiger partial charge in [-0.25, -0.2) is 4.39 Å². The Hall–Kier alpha value is -0.890. The third kappa shape index (κ3) is 4.00. The Balaban J connectivity index is 2.41. The lowest BCUT2D eigenvalue weighted by atomic mass is 10.1. The van der Waals surface area contributed by atoms with Crippen molar-refractivity contribution in [2.75, 3.05) is 6.54 Å². The first-order chi connectivity index (χ1) is 7.13. The van der Waals surface area contributed by atoms with Crippen LogP contribution in [0.1, 0.15) is 31.4 Å². The zero-order valence-electron chi connectivity index (χ0n) is 9.81. The van der Waals surface area contributed by atoms with Crippen LogP contribution in [0.3, 0.4) is 0 Å². The van der Waals surface area contributed by atoms with E-state index in [1.165, 1.54) is 6.42 Å². The quantitative estimate of drug-likeness (QED) is 0.784. The molecule has 15 heavy (non-hydrogen) atoms. The molecule has 0 saturated carbocycles. The lowest BCUT2D eigenvalue weighted by Gasteiger charge is -2.10. The minimum Gasteiger partial charge on any atom is -0.312 e. The molecule has 0 heterocycles. The first-order valence-corrected chi connectivity index (χ1v) is 5.59. The van der Waals surface area contributed by atoms with Gasteiger partial charge >= 0.3 is 0 Å². The first kappa shape index (κ1) is 12.2. The second kappa shape index (κ2) is 5.86. The van der Waals surface area contributed by atoms with Crippen LogP contribution in [0, 0.1) is 18.7 Å². The van der Waals surface area contributed by atoms with E-state index in [-0.39, 0.29) is 5.82 Å². The largest absolute Gasteiger partial charge is 0.312 e. The Bertz CT molecular complexity index is 309. The number of nitrogens with one attached hydrogen (secondary N) is 1. The smallest absolute Gasteiger partial charge is 0.126 e. The summed E-state index contributed by atoms with van der Waals surface area (Å²) in [5.41, 5.74) is 1.72. The zero-order chi connectivity index (χ0) is 11.3. The molecule has 0 bridgehead atoms. The summed E-state index contributed by atoms with van der Waals surface area (Å²) in [5, 5.41) is 3.33. The van der Waals surface area contributed by atoms with Crippen molar-refractivity contribution in [3.8, 4) is 0 Å². The SMILES string of the molecule is CCC(C)CNCc1ccc(C)c(F)c1. The average molecular weight is 209 g/mol. The van der Waals surface area contributed by atoms with Gasteiger partial charge in [0.05, 0.1) is 0 Å². The van der Waals surface area contributed by atoms with E-state index in [0.29, 0.717) is 11.5 Å². The molecule has 0 aliphatic rings. The van der Waals surface area contributed by atoms with Gasteiger partial charge in [0.15, 0.2) is 0 Å². The molecule has 1 aromatic carbocycles. The number of aryl methyl sites for hydroxylation is 1. The van der Waals surface area contributed by atoms with Crippen molar-refractivity contribution < 1.29 is 4.39 Å². The molecule has 1 nitrogen and oxygen atoms in total. The fraction of sp³-hybridized carbons (Fsp3) is 0.538. The molecule has 2 heteroatoms. The van der Waals surface area contributed by atoms with Crippen molar-refractivity contribution in [2.45, 2.75) is 33.7 Å². The van der Waals surface area contributed by atoms with Crippen LogP contribution in [-0.2, 0) is 6.54 Å². The lowest BCUT2D eigenvalue weighted by molar-refractivity contribution is 0.499. The predicted molar refractivity (Wildman–Crippen MR) is 62.3 cm³/mol. The fourth-order valence-electron chi connectivity index (χ4n) is 1.35. The van der Waals surface area contributed by atoms with Crippen LogP contribution in [0.4, 0.5) is 4.39 Å². The molecular formula is C13H20FN. The summed E-state index contributed by atoms with van der Waals surface area (Å²) in [6, 6.07) is 5.41. The molecule has 1 N–H and O–H groups in total. The highest BCUT2D eigenvalue weighted by molar-refractivity contribution is 5.23. The van der Waals surface area contributed by atoms with Crippen LogP contribution in [0.15, 0.2) is 18.2 Å². The highest BCUT2D eigenvalue weighted by atomic mass is 19.1. The summed E-state index contributed by atoms with van der Waals surface area (Å²) in [7, 11) is 0. The standard InChI is InChI=1S/C13H20FN/c1-4-10(2)8-15-9-12-6-5-11(3)13(14)7-12/h5-7,10,15H,4,8-9H2,1-3H3. The van der Waals surface area contributed by atoms with Gasteiger partial charge in [0.25, 0.3) is 0 Å². The summed E-state index contributed by atoms with van der Waals surface area (Å²) < 4.78 is 13.2. The van der Waals surface area contributed by atoms with Crippen LogP contribution in [0.25, 0.3) is 0 Å². The maximum Gasteiger partial charge on any atom is 0.126 e. The van der Waals surface area contributed by atoms with Crippen molar-refractivity contribution >= 4 is 0 Å². The maximum atomic E-state index is 13.2. The molecule has 0 spiro atoms. The Kier molecular flexibility index (Phi) is 4.76. The van der Waals surface area contributed by atoms with E-state index in [4.69, 9.17) is 0 Å². The van der Waals surface area contributed by atoms with Crippen molar-refractivity contribution in [1.82, 2.24) is 5.32 Å². The van der Waals surface area contributed by atoms with Gasteiger partial charge in [-0.3, -0.25) is 0 Å². The zero-order valence-corrected chi connectivity index (χ0v) is 9.81. The maximum absolute atomic E-state index is 13.2. The molecule has 1 rings (SSSR count). The van der Waals surface area contributed by atoms with E-state index in [1.807, 2.05) is 12.1 Å². The van der Waals surface area contributed by atoms with Gasteiger partial charge in [-0.1, -0.05) is 32.4 Å². The van der Waals surface area contributed by atoms with Crippen LogP contribution in [-0.4, -0.2) is 6.54 Å². The van der Waals surface area contributed by atoms with Gasteiger partial charge in [0.1, 0.15) is 5.82 Å². The predicted octanol–water partition coefficient (Wildman–Crippen LogP) is 3.27. The molecule has 0 aliphatic carbocycles. The fourth-order valence-corrected chi connectivity index (χ4v) is 1.35. The Labute approximate surface area is 91.7 Å². The van der Waals surface area contributed by atoms with E-state index < -0.39 is 0 Å². The molecule has 0 aromatic heterocycles. The van der Waals surface area contributed by atoms with Gasteiger partial charge < -0.3 is 5.32 Å². The number of rotatable bonds is 5. The van der Waals surface area contributed by atoms with E-state index in [1.54, 1.807) is 13.0 Å². The summed E-state index contributed by atoms with van der Waals surface area (Å²) in [5.74, 6) is 0.568. The molecule has 0 amide bonds. The van der Waals surface area contributed by atoms with E-state index in [2.05, 4.69) is 19.2 Å². The van der Waals surface area contributed by atoms with Crippen LogP contribution in [0.2, 0.25) is 0 Å². The normalized spacial score (nSPS) is 12.8. The summed E-state index contributed by atoms with van der Waals surface area (Å²) >= 11 is 0. The lowest BCUT2D eigenvalue weighted by Crippen LogP contribution is -2.20. The number of halogens is 1. The molecular weight excluding hydrogens is 189 g/mol. The molecule has 0 fully saturated rings. The molecule has 0 saturated heterocycles. The molecule has 0 radical (unpaired) electrons. The van der Waals surface area contributed by atoms with Crippen molar-refractivity contribution in [1.29, 1.82) is 0 Å².